The normalized spacial score (nSPS) is 14.0. The Balaban J connectivity index is 4.28. The van der Waals surface area contributed by atoms with Crippen molar-refractivity contribution in [3.8, 4) is 0 Å². The molecule has 0 rings (SSSR count). The van der Waals surface area contributed by atoms with Crippen LogP contribution in [-0.4, -0.2) is 74.9 Å². The zero-order valence-electron chi connectivity index (χ0n) is 42.5. The van der Waals surface area contributed by atoms with Crippen LogP contribution in [0.15, 0.2) is 72.9 Å². The number of rotatable bonds is 47. The molecule has 0 amide bonds. The summed E-state index contributed by atoms with van der Waals surface area (Å²) >= 11 is 0. The lowest BCUT2D eigenvalue weighted by molar-refractivity contribution is -0.870. The Morgan fingerprint density at radius 2 is 0.877 bits per heavy atom. The molecule has 65 heavy (non-hydrogen) atoms. The minimum atomic E-state index is -4.39. The van der Waals surface area contributed by atoms with Crippen LogP contribution in [0.3, 0.4) is 0 Å². The summed E-state index contributed by atoms with van der Waals surface area (Å²) in [6.45, 7) is 4.31. The lowest BCUT2D eigenvalue weighted by Gasteiger charge is -2.24. The molecule has 0 radical (unpaired) electrons. The molecular formula is C55H99NO8P+. The van der Waals surface area contributed by atoms with E-state index in [2.05, 4.69) is 86.8 Å². The third kappa shape index (κ3) is 50.7. The first-order chi connectivity index (χ1) is 31.5. The van der Waals surface area contributed by atoms with Gasteiger partial charge in [0.25, 0.3) is 0 Å². The average Bonchev–Trinajstić information content (AvgIpc) is 3.26. The SMILES string of the molecule is CC/C=C\C/C=C\C/C=C\C/C=C\C/C=C\C/C=C\CCCCCCCCC(=O)OC(COC(=O)CCCCCCCCCCCCCCCCCC)COP(=O)(O)OCC[N+](C)(C)C. The minimum absolute atomic E-state index is 0.0263. The smallest absolute Gasteiger partial charge is 0.462 e. The molecule has 10 heteroatoms. The summed E-state index contributed by atoms with van der Waals surface area (Å²) in [5.41, 5.74) is 0. The molecule has 0 heterocycles. The molecule has 9 nitrogen and oxygen atoms in total. The molecule has 0 aromatic carbocycles. The van der Waals surface area contributed by atoms with E-state index in [1.54, 1.807) is 0 Å². The van der Waals surface area contributed by atoms with Gasteiger partial charge in [0.2, 0.25) is 0 Å². The van der Waals surface area contributed by atoms with Gasteiger partial charge in [-0.25, -0.2) is 4.57 Å². The first-order valence-electron chi connectivity index (χ1n) is 26.2. The van der Waals surface area contributed by atoms with Crippen molar-refractivity contribution in [2.45, 2.75) is 219 Å². The number of unbranched alkanes of at least 4 members (excludes halogenated alkanes) is 21. The van der Waals surface area contributed by atoms with Gasteiger partial charge in [0.05, 0.1) is 27.7 Å². The number of carbonyl (C=O) groups is 2. The third-order valence-corrected chi connectivity index (χ3v) is 12.0. The number of likely N-dealkylation sites (N-methyl/N-ethyl adjacent to an activating group) is 1. The number of allylic oxidation sites excluding steroid dienone is 12. The van der Waals surface area contributed by atoms with Crippen molar-refractivity contribution >= 4 is 19.8 Å². The molecule has 0 saturated heterocycles. The Morgan fingerprint density at radius 1 is 0.492 bits per heavy atom. The fourth-order valence-corrected chi connectivity index (χ4v) is 7.70. The minimum Gasteiger partial charge on any atom is -0.462 e. The highest BCUT2D eigenvalue weighted by atomic mass is 31.2. The van der Waals surface area contributed by atoms with Crippen LogP contribution >= 0.6 is 7.82 Å². The Bertz CT molecular complexity index is 1330. The van der Waals surface area contributed by atoms with Crippen LogP contribution in [0.2, 0.25) is 0 Å². The van der Waals surface area contributed by atoms with Crippen LogP contribution in [0.5, 0.6) is 0 Å². The predicted octanol–water partition coefficient (Wildman–Crippen LogP) is 15.8. The summed E-state index contributed by atoms with van der Waals surface area (Å²) < 4.78 is 34.5. The van der Waals surface area contributed by atoms with E-state index < -0.39 is 26.5 Å². The van der Waals surface area contributed by atoms with E-state index in [-0.39, 0.29) is 32.0 Å². The number of phosphoric ester groups is 1. The number of quaternary nitrogens is 1. The maximum Gasteiger partial charge on any atom is 0.472 e. The van der Waals surface area contributed by atoms with E-state index in [4.69, 9.17) is 18.5 Å². The molecular weight excluding hydrogens is 834 g/mol. The molecule has 0 fully saturated rings. The zero-order chi connectivity index (χ0) is 47.8. The summed E-state index contributed by atoms with van der Waals surface area (Å²) in [6, 6.07) is 0. The summed E-state index contributed by atoms with van der Waals surface area (Å²) in [6.07, 6.45) is 59.5. The summed E-state index contributed by atoms with van der Waals surface area (Å²) in [5.74, 6) is -0.813. The van der Waals surface area contributed by atoms with Crippen LogP contribution in [0.25, 0.3) is 0 Å². The van der Waals surface area contributed by atoms with E-state index in [1.807, 2.05) is 21.1 Å². The standard InChI is InChI=1S/C55H98NO8P/c1-6-8-10-12-14-16-18-20-22-24-25-26-27-28-29-30-31-32-34-36-38-40-42-44-46-48-55(58)64-53(52-63-65(59,60)62-50-49-56(3,4)5)51-61-54(57)47-45-43-41-39-37-35-33-23-21-19-17-15-13-11-9-7-2/h8,10,14,16,20,22,25-26,28-29,31-32,53H,6-7,9,11-13,15,17-19,21,23-24,27,30,33-52H2,1-5H3/p+1/b10-8-,16-14-,22-20-,26-25-,29-28-,32-31-. The summed E-state index contributed by atoms with van der Waals surface area (Å²) in [7, 11) is 1.46. The van der Waals surface area contributed by atoms with Crippen LogP contribution in [0.1, 0.15) is 213 Å². The fraction of sp³-hybridized carbons (Fsp3) is 0.745. The van der Waals surface area contributed by atoms with Crippen LogP contribution in [0.4, 0.5) is 0 Å². The Hall–Kier alpha value is -2.55. The van der Waals surface area contributed by atoms with Gasteiger partial charge >= 0.3 is 19.8 Å². The number of phosphoric acid groups is 1. The molecule has 2 unspecified atom stereocenters. The van der Waals surface area contributed by atoms with E-state index in [0.29, 0.717) is 17.4 Å². The summed E-state index contributed by atoms with van der Waals surface area (Å²) in [5, 5.41) is 0. The second-order valence-electron chi connectivity index (χ2n) is 18.5. The lowest BCUT2D eigenvalue weighted by atomic mass is 10.0. The van der Waals surface area contributed by atoms with Crippen molar-refractivity contribution in [2.75, 3.05) is 47.5 Å². The van der Waals surface area contributed by atoms with Gasteiger partial charge in [-0.3, -0.25) is 18.6 Å². The number of nitrogens with zero attached hydrogens (tertiary/aromatic N) is 1. The van der Waals surface area contributed by atoms with Gasteiger partial charge in [-0.1, -0.05) is 209 Å². The molecule has 1 N–H and O–H groups in total. The summed E-state index contributed by atoms with van der Waals surface area (Å²) in [4.78, 5) is 35.6. The van der Waals surface area contributed by atoms with Crippen molar-refractivity contribution in [1.82, 2.24) is 0 Å². The number of ether oxygens (including phenoxy) is 2. The van der Waals surface area contributed by atoms with E-state index in [1.165, 1.54) is 83.5 Å². The topological polar surface area (TPSA) is 108 Å². The highest BCUT2D eigenvalue weighted by Gasteiger charge is 2.27. The molecule has 0 aliphatic rings. The highest BCUT2D eigenvalue weighted by molar-refractivity contribution is 7.47. The molecule has 0 saturated carbocycles. The van der Waals surface area contributed by atoms with Crippen molar-refractivity contribution < 1.29 is 42.1 Å². The van der Waals surface area contributed by atoms with Crippen molar-refractivity contribution in [3.05, 3.63) is 72.9 Å². The fourth-order valence-electron chi connectivity index (χ4n) is 6.96. The second kappa shape index (κ2) is 46.6. The first kappa shape index (κ1) is 62.4. The van der Waals surface area contributed by atoms with Gasteiger partial charge in [-0.15, -0.1) is 0 Å². The van der Waals surface area contributed by atoms with Crippen molar-refractivity contribution in [2.24, 2.45) is 0 Å². The van der Waals surface area contributed by atoms with Crippen molar-refractivity contribution in [1.29, 1.82) is 0 Å². The predicted molar refractivity (Wildman–Crippen MR) is 275 cm³/mol. The van der Waals surface area contributed by atoms with Gasteiger partial charge in [-0.2, -0.15) is 0 Å². The maximum absolute atomic E-state index is 12.8. The second-order valence-corrected chi connectivity index (χ2v) is 20.0. The highest BCUT2D eigenvalue weighted by Crippen LogP contribution is 2.43. The van der Waals surface area contributed by atoms with Crippen LogP contribution in [-0.2, 0) is 32.7 Å². The maximum atomic E-state index is 12.8. The Kier molecular flexibility index (Phi) is 44.7. The first-order valence-corrected chi connectivity index (χ1v) is 27.7. The molecule has 0 bridgehead atoms. The van der Waals surface area contributed by atoms with Gasteiger partial charge in [0.1, 0.15) is 19.8 Å². The molecule has 0 aromatic rings. The molecule has 2 atom stereocenters. The molecule has 0 aliphatic heterocycles. The molecule has 0 aromatic heterocycles. The van der Waals surface area contributed by atoms with Crippen molar-refractivity contribution in [3.63, 3.8) is 0 Å². The van der Waals surface area contributed by atoms with Gasteiger partial charge in [0.15, 0.2) is 6.10 Å². The van der Waals surface area contributed by atoms with Gasteiger partial charge < -0.3 is 18.9 Å². The van der Waals surface area contributed by atoms with E-state index >= 15 is 0 Å². The third-order valence-electron chi connectivity index (χ3n) is 11.0. The monoisotopic (exact) mass is 933 g/mol. The van der Waals surface area contributed by atoms with Gasteiger partial charge in [0, 0.05) is 12.8 Å². The van der Waals surface area contributed by atoms with Gasteiger partial charge in [-0.05, 0) is 64.2 Å². The number of hydrogen-bond acceptors (Lipinski definition) is 7. The largest absolute Gasteiger partial charge is 0.472 e. The number of hydrogen-bond donors (Lipinski definition) is 1. The molecule has 376 valence electrons. The van der Waals surface area contributed by atoms with E-state index in [0.717, 1.165) is 96.3 Å². The van der Waals surface area contributed by atoms with E-state index in [9.17, 15) is 19.0 Å². The number of carbonyl (C=O) groups excluding carboxylic acids is 2. The lowest BCUT2D eigenvalue weighted by Crippen LogP contribution is -2.37. The average molecular weight is 933 g/mol. The molecule has 0 aliphatic carbocycles. The Morgan fingerprint density at radius 3 is 1.31 bits per heavy atom. The zero-order valence-corrected chi connectivity index (χ0v) is 43.3. The molecule has 0 spiro atoms. The Labute approximate surface area is 399 Å². The number of esters is 2. The van der Waals surface area contributed by atoms with Crippen LogP contribution < -0.4 is 0 Å². The van der Waals surface area contributed by atoms with Crippen LogP contribution in [0, 0.1) is 0 Å². The quantitative estimate of drug-likeness (QED) is 0.0211.